The molecule has 2 aromatic heterocycles. The summed E-state index contributed by atoms with van der Waals surface area (Å²) in [5.41, 5.74) is 2.02. The lowest BCUT2D eigenvalue weighted by Gasteiger charge is -2.16. The van der Waals surface area contributed by atoms with Gasteiger partial charge in [0.1, 0.15) is 0 Å². The summed E-state index contributed by atoms with van der Waals surface area (Å²) in [5.74, 6) is -1.45. The van der Waals surface area contributed by atoms with Crippen LogP contribution in [0.4, 0.5) is 8.78 Å². The molecule has 0 unspecified atom stereocenters. The maximum absolute atomic E-state index is 12.8. The summed E-state index contributed by atoms with van der Waals surface area (Å²) in [4.78, 5) is 27.3. The highest BCUT2D eigenvalue weighted by atomic mass is 19.1. The lowest BCUT2D eigenvalue weighted by molar-refractivity contribution is -0.112. The van der Waals surface area contributed by atoms with Crippen LogP contribution >= 0.6 is 0 Å². The van der Waals surface area contributed by atoms with Crippen LogP contribution < -0.4 is 0 Å². The maximum atomic E-state index is 12.8. The Bertz CT molecular complexity index is 717. The molecular formula is C16H12F2N4O. The third-order valence-corrected chi connectivity index (χ3v) is 3.40. The highest BCUT2D eigenvalue weighted by molar-refractivity contribution is 6.13. The SMILES string of the molecule is O=C1/C(=C/c2cnc(F)cn2)CCC/C1=C\c1cnc(F)cn1. The first-order valence-corrected chi connectivity index (χ1v) is 7.03. The fraction of sp³-hybridized carbons (Fsp3) is 0.188. The number of hydrogen-bond donors (Lipinski definition) is 0. The van der Waals surface area contributed by atoms with Crippen LogP contribution in [0.15, 0.2) is 35.9 Å². The first kappa shape index (κ1) is 15.1. The summed E-state index contributed by atoms with van der Waals surface area (Å²) in [6.07, 6.45) is 9.81. The Hall–Kier alpha value is -2.83. The Morgan fingerprint density at radius 1 is 0.783 bits per heavy atom. The third kappa shape index (κ3) is 3.68. The summed E-state index contributed by atoms with van der Waals surface area (Å²) < 4.78 is 25.5. The monoisotopic (exact) mass is 314 g/mol. The minimum Gasteiger partial charge on any atom is -0.289 e. The fourth-order valence-corrected chi connectivity index (χ4v) is 2.33. The van der Waals surface area contributed by atoms with E-state index in [1.807, 2.05) is 0 Å². The lowest BCUT2D eigenvalue weighted by Crippen LogP contribution is -2.12. The quantitative estimate of drug-likeness (QED) is 0.797. The van der Waals surface area contributed by atoms with Gasteiger partial charge in [0.2, 0.25) is 11.9 Å². The Morgan fingerprint density at radius 3 is 1.65 bits per heavy atom. The molecule has 0 aromatic carbocycles. The van der Waals surface area contributed by atoms with Crippen LogP contribution in [-0.4, -0.2) is 25.7 Å². The van der Waals surface area contributed by atoms with Crippen molar-refractivity contribution in [1.82, 2.24) is 19.9 Å². The van der Waals surface area contributed by atoms with E-state index in [4.69, 9.17) is 0 Å². The van der Waals surface area contributed by atoms with Crippen molar-refractivity contribution in [3.8, 4) is 0 Å². The van der Waals surface area contributed by atoms with Gasteiger partial charge in [0.25, 0.3) is 0 Å². The van der Waals surface area contributed by atoms with Crippen LogP contribution in [0.3, 0.4) is 0 Å². The molecule has 2 heterocycles. The number of halogens is 2. The molecule has 116 valence electrons. The number of Topliss-reactive ketones (excluding diaryl/α,β-unsaturated/α-hetero) is 1. The van der Waals surface area contributed by atoms with Gasteiger partial charge in [-0.15, -0.1) is 0 Å². The number of hydrogen-bond acceptors (Lipinski definition) is 5. The Kier molecular flexibility index (Phi) is 4.27. The number of nitrogens with zero attached hydrogens (tertiary/aromatic N) is 4. The lowest BCUT2D eigenvalue weighted by atomic mass is 9.88. The van der Waals surface area contributed by atoms with Crippen molar-refractivity contribution in [3.63, 3.8) is 0 Å². The van der Waals surface area contributed by atoms with Gasteiger partial charge in [-0.05, 0) is 31.4 Å². The standard InChI is InChI=1S/C16H12F2N4O/c17-14-8-19-12(6-21-14)4-10-2-1-3-11(16(10)23)5-13-7-22-15(18)9-20-13/h4-9H,1-3H2/b10-4+,11-5+. The highest BCUT2D eigenvalue weighted by Crippen LogP contribution is 2.27. The van der Waals surface area contributed by atoms with Crippen molar-refractivity contribution in [2.24, 2.45) is 0 Å². The van der Waals surface area contributed by atoms with E-state index >= 15 is 0 Å². The van der Waals surface area contributed by atoms with E-state index in [2.05, 4.69) is 19.9 Å². The zero-order chi connectivity index (χ0) is 16.2. The second-order valence-electron chi connectivity index (χ2n) is 5.05. The van der Waals surface area contributed by atoms with Gasteiger partial charge in [-0.1, -0.05) is 0 Å². The Labute approximate surface area is 130 Å². The summed E-state index contributed by atoms with van der Waals surface area (Å²) in [5, 5.41) is 0. The van der Waals surface area contributed by atoms with Gasteiger partial charge in [-0.25, -0.2) is 9.97 Å². The largest absolute Gasteiger partial charge is 0.289 e. The topological polar surface area (TPSA) is 68.6 Å². The second kappa shape index (κ2) is 6.51. The van der Waals surface area contributed by atoms with Crippen LogP contribution in [0.25, 0.3) is 12.2 Å². The van der Waals surface area contributed by atoms with E-state index in [-0.39, 0.29) is 5.78 Å². The molecule has 0 radical (unpaired) electrons. The molecule has 0 spiro atoms. The molecule has 1 fully saturated rings. The first-order valence-electron chi connectivity index (χ1n) is 7.03. The molecule has 1 aliphatic carbocycles. The number of carbonyl (C=O) groups is 1. The second-order valence-corrected chi connectivity index (χ2v) is 5.05. The molecule has 0 N–H and O–H groups in total. The van der Waals surface area contributed by atoms with Crippen molar-refractivity contribution >= 4 is 17.9 Å². The molecule has 2 aromatic rings. The number of ketones is 1. The number of allylic oxidation sites excluding steroid dienone is 2. The molecule has 0 amide bonds. The van der Waals surface area contributed by atoms with E-state index in [9.17, 15) is 13.6 Å². The van der Waals surface area contributed by atoms with Crippen molar-refractivity contribution < 1.29 is 13.6 Å². The van der Waals surface area contributed by atoms with Gasteiger partial charge in [0, 0.05) is 11.1 Å². The molecule has 0 atom stereocenters. The van der Waals surface area contributed by atoms with Crippen LogP contribution in [0.2, 0.25) is 0 Å². The zero-order valence-electron chi connectivity index (χ0n) is 12.0. The van der Waals surface area contributed by atoms with E-state index in [1.165, 1.54) is 12.4 Å². The van der Waals surface area contributed by atoms with E-state index in [0.29, 0.717) is 35.4 Å². The molecule has 5 nitrogen and oxygen atoms in total. The van der Waals surface area contributed by atoms with Gasteiger partial charge in [0.15, 0.2) is 5.78 Å². The van der Waals surface area contributed by atoms with Gasteiger partial charge < -0.3 is 0 Å². The molecule has 7 heteroatoms. The number of rotatable bonds is 2. The van der Waals surface area contributed by atoms with Crippen LogP contribution in [0, 0.1) is 11.9 Å². The maximum Gasteiger partial charge on any atom is 0.231 e. The molecule has 0 bridgehead atoms. The van der Waals surface area contributed by atoms with E-state index in [1.54, 1.807) is 12.2 Å². The minimum absolute atomic E-state index is 0.117. The van der Waals surface area contributed by atoms with Crippen LogP contribution in [0.5, 0.6) is 0 Å². The van der Waals surface area contributed by atoms with E-state index < -0.39 is 11.9 Å². The van der Waals surface area contributed by atoms with Crippen molar-refractivity contribution in [2.75, 3.05) is 0 Å². The molecular weight excluding hydrogens is 302 g/mol. The predicted molar refractivity (Wildman–Crippen MR) is 78.8 cm³/mol. The summed E-state index contributed by atoms with van der Waals surface area (Å²) >= 11 is 0. The Morgan fingerprint density at radius 2 is 1.26 bits per heavy atom. The van der Waals surface area contributed by atoms with Gasteiger partial charge in [-0.3, -0.25) is 14.8 Å². The van der Waals surface area contributed by atoms with Crippen LogP contribution in [0.1, 0.15) is 30.7 Å². The first-order chi connectivity index (χ1) is 11.1. The predicted octanol–water partition coefficient (Wildman–Crippen LogP) is 2.76. The minimum atomic E-state index is -0.669. The van der Waals surface area contributed by atoms with Crippen LogP contribution in [-0.2, 0) is 4.79 Å². The molecule has 0 saturated heterocycles. The van der Waals surface area contributed by atoms with E-state index in [0.717, 1.165) is 18.8 Å². The molecule has 0 aliphatic heterocycles. The van der Waals surface area contributed by atoms with Crippen molar-refractivity contribution in [2.45, 2.75) is 19.3 Å². The fourth-order valence-electron chi connectivity index (χ4n) is 2.33. The molecule has 23 heavy (non-hydrogen) atoms. The molecule has 3 rings (SSSR count). The average Bonchev–Trinajstić information content (AvgIpc) is 2.55. The summed E-state index contributed by atoms with van der Waals surface area (Å²) in [7, 11) is 0. The zero-order valence-corrected chi connectivity index (χ0v) is 12.0. The van der Waals surface area contributed by atoms with Gasteiger partial charge in [-0.2, -0.15) is 8.78 Å². The Balaban J connectivity index is 1.86. The van der Waals surface area contributed by atoms with Gasteiger partial charge >= 0.3 is 0 Å². The van der Waals surface area contributed by atoms with Crippen molar-refractivity contribution in [3.05, 3.63) is 59.2 Å². The van der Waals surface area contributed by atoms with Gasteiger partial charge in [0.05, 0.1) is 36.2 Å². The smallest absolute Gasteiger partial charge is 0.231 e. The normalized spacial score (nSPS) is 18.6. The molecule has 1 aliphatic rings. The third-order valence-electron chi connectivity index (χ3n) is 3.40. The average molecular weight is 314 g/mol. The summed E-state index contributed by atoms with van der Waals surface area (Å²) in [6.45, 7) is 0. The number of carbonyl (C=O) groups excluding carboxylic acids is 1. The van der Waals surface area contributed by atoms with Crippen molar-refractivity contribution in [1.29, 1.82) is 0 Å². The highest BCUT2D eigenvalue weighted by Gasteiger charge is 2.20. The summed E-state index contributed by atoms with van der Waals surface area (Å²) in [6, 6.07) is 0. The number of aromatic nitrogens is 4. The molecule has 1 saturated carbocycles.